The number of alkyl carbamates (subject to hydrolysis) is 1. The summed E-state index contributed by atoms with van der Waals surface area (Å²) in [5, 5.41) is 2.65. The highest BCUT2D eigenvalue weighted by atomic mass is 16.6. The molecule has 0 aliphatic rings. The van der Waals surface area contributed by atoms with E-state index in [1.165, 1.54) is 4.90 Å². The van der Waals surface area contributed by atoms with Crippen LogP contribution in [0.3, 0.4) is 0 Å². The average molecular weight is 288 g/mol. The predicted octanol–water partition coefficient (Wildman–Crippen LogP) is 2.63. The van der Waals surface area contributed by atoms with Crippen LogP contribution < -0.4 is 5.32 Å². The number of amides is 2. The van der Waals surface area contributed by atoms with Crippen molar-refractivity contribution in [1.82, 2.24) is 10.2 Å². The second kappa shape index (κ2) is 9.44. The summed E-state index contributed by atoms with van der Waals surface area (Å²) in [4.78, 5) is 24.3. The molecule has 6 nitrogen and oxygen atoms in total. The molecule has 0 saturated carbocycles. The highest BCUT2D eigenvalue weighted by molar-refractivity contribution is 5.67. The summed E-state index contributed by atoms with van der Waals surface area (Å²) in [7, 11) is 3.27. The fraction of sp³-hybridized carbons (Fsp3) is 0.857. The van der Waals surface area contributed by atoms with Crippen molar-refractivity contribution in [3.63, 3.8) is 0 Å². The van der Waals surface area contributed by atoms with Crippen molar-refractivity contribution in [3.8, 4) is 0 Å². The Bertz CT molecular complexity index is 308. The van der Waals surface area contributed by atoms with Gasteiger partial charge in [0.05, 0.1) is 0 Å². The molecule has 0 spiro atoms. The summed E-state index contributed by atoms with van der Waals surface area (Å²) in [5.74, 6) is 0. The van der Waals surface area contributed by atoms with E-state index in [0.29, 0.717) is 6.54 Å². The van der Waals surface area contributed by atoms with Gasteiger partial charge in [-0.3, -0.25) is 0 Å². The van der Waals surface area contributed by atoms with Crippen LogP contribution in [0.15, 0.2) is 0 Å². The number of hydrogen-bond donors (Lipinski definition) is 1. The molecular weight excluding hydrogens is 260 g/mol. The summed E-state index contributed by atoms with van der Waals surface area (Å²) in [6.07, 6.45) is 1.79. The van der Waals surface area contributed by atoms with Crippen molar-refractivity contribution >= 4 is 12.2 Å². The number of ether oxygens (including phenoxy) is 2. The summed E-state index contributed by atoms with van der Waals surface area (Å²) in [5.41, 5.74) is -0.357. The molecule has 0 aliphatic carbocycles. The molecule has 0 heterocycles. The Hall–Kier alpha value is -1.46. The van der Waals surface area contributed by atoms with Crippen LogP contribution in [0.25, 0.3) is 0 Å². The van der Waals surface area contributed by atoms with Crippen LogP contribution in [0, 0.1) is 5.41 Å². The number of carbonyl (C=O) groups is 2. The topological polar surface area (TPSA) is 67.9 Å². The van der Waals surface area contributed by atoms with Gasteiger partial charge >= 0.3 is 12.2 Å². The van der Waals surface area contributed by atoms with Crippen LogP contribution >= 0.6 is 0 Å². The minimum absolute atomic E-state index is 0.233. The molecule has 1 N–H and O–H groups in total. The van der Waals surface area contributed by atoms with Crippen LogP contribution in [0.4, 0.5) is 9.59 Å². The molecule has 0 rings (SSSR count). The third-order valence-corrected chi connectivity index (χ3v) is 2.83. The molecule has 0 aromatic heterocycles. The van der Waals surface area contributed by atoms with E-state index in [9.17, 15) is 9.59 Å². The first kappa shape index (κ1) is 18.5. The molecule has 0 aliphatic heterocycles. The van der Waals surface area contributed by atoms with Gasteiger partial charge in [0.25, 0.3) is 0 Å². The maximum absolute atomic E-state index is 11.5. The van der Waals surface area contributed by atoms with Crippen molar-refractivity contribution in [3.05, 3.63) is 0 Å². The zero-order valence-corrected chi connectivity index (χ0v) is 13.3. The third kappa shape index (κ3) is 7.86. The first-order valence-corrected chi connectivity index (χ1v) is 7.09. The van der Waals surface area contributed by atoms with Crippen molar-refractivity contribution < 1.29 is 19.1 Å². The normalized spacial score (nSPS) is 13.2. The van der Waals surface area contributed by atoms with E-state index in [1.807, 2.05) is 20.8 Å². The Labute approximate surface area is 121 Å². The molecule has 20 heavy (non-hydrogen) atoms. The second-order valence-electron chi connectivity index (χ2n) is 5.51. The van der Waals surface area contributed by atoms with Gasteiger partial charge in [0.15, 0.2) is 0 Å². The Balaban J connectivity index is 4.29. The van der Waals surface area contributed by atoms with Gasteiger partial charge in [0.2, 0.25) is 0 Å². The summed E-state index contributed by atoms with van der Waals surface area (Å²) < 4.78 is 10.4. The van der Waals surface area contributed by atoms with E-state index in [1.54, 1.807) is 14.1 Å². The van der Waals surface area contributed by atoms with Gasteiger partial charge in [0, 0.05) is 26.1 Å². The lowest BCUT2D eigenvalue weighted by molar-refractivity contribution is 0.0233. The lowest BCUT2D eigenvalue weighted by atomic mass is 9.87. The number of nitrogens with zero attached hydrogens (tertiary/aromatic N) is 1. The minimum atomic E-state index is -0.423. The molecule has 0 fully saturated rings. The van der Waals surface area contributed by atoms with Crippen molar-refractivity contribution in [2.75, 3.05) is 33.9 Å². The molecule has 0 saturated heterocycles. The van der Waals surface area contributed by atoms with Gasteiger partial charge in [0.1, 0.15) is 13.2 Å². The lowest BCUT2D eigenvalue weighted by Crippen LogP contribution is -2.36. The number of hydrogen-bond acceptors (Lipinski definition) is 4. The smallest absolute Gasteiger partial charge is 0.409 e. The van der Waals surface area contributed by atoms with Crippen LogP contribution in [0.2, 0.25) is 0 Å². The van der Waals surface area contributed by atoms with Crippen LogP contribution in [0.5, 0.6) is 0 Å². The Morgan fingerprint density at radius 1 is 1.10 bits per heavy atom. The number of carbonyl (C=O) groups excluding carboxylic acids is 2. The van der Waals surface area contributed by atoms with Gasteiger partial charge < -0.3 is 19.7 Å². The Morgan fingerprint density at radius 2 is 1.70 bits per heavy atom. The van der Waals surface area contributed by atoms with Gasteiger partial charge in [-0.05, 0) is 12.8 Å². The summed E-state index contributed by atoms with van der Waals surface area (Å²) >= 11 is 0. The molecule has 0 aromatic rings. The highest BCUT2D eigenvalue weighted by Crippen LogP contribution is 2.24. The zero-order chi connectivity index (χ0) is 15.6. The third-order valence-electron chi connectivity index (χ3n) is 2.83. The van der Waals surface area contributed by atoms with E-state index in [-0.39, 0.29) is 24.7 Å². The first-order chi connectivity index (χ1) is 9.34. The molecule has 1 unspecified atom stereocenters. The largest absolute Gasteiger partial charge is 0.449 e. The van der Waals surface area contributed by atoms with Gasteiger partial charge in [-0.25, -0.2) is 9.59 Å². The number of nitrogens with one attached hydrogen (secondary N) is 1. The monoisotopic (exact) mass is 288 g/mol. The maximum Gasteiger partial charge on any atom is 0.409 e. The lowest BCUT2D eigenvalue weighted by Gasteiger charge is -2.28. The van der Waals surface area contributed by atoms with E-state index in [2.05, 4.69) is 5.32 Å². The average Bonchev–Trinajstić information content (AvgIpc) is 2.40. The minimum Gasteiger partial charge on any atom is -0.449 e. The van der Waals surface area contributed by atoms with Crippen LogP contribution in [-0.2, 0) is 9.47 Å². The van der Waals surface area contributed by atoms with Crippen molar-refractivity contribution in [1.29, 1.82) is 0 Å². The Morgan fingerprint density at radius 3 is 2.20 bits per heavy atom. The van der Waals surface area contributed by atoms with Crippen LogP contribution in [-0.4, -0.2) is 50.9 Å². The van der Waals surface area contributed by atoms with Crippen LogP contribution in [0.1, 0.15) is 40.0 Å². The Kier molecular flexibility index (Phi) is 8.76. The van der Waals surface area contributed by atoms with Gasteiger partial charge in [-0.2, -0.15) is 0 Å². The van der Waals surface area contributed by atoms with E-state index in [0.717, 1.165) is 19.3 Å². The predicted molar refractivity (Wildman–Crippen MR) is 77.7 cm³/mol. The van der Waals surface area contributed by atoms with Gasteiger partial charge in [-0.1, -0.05) is 27.2 Å². The maximum atomic E-state index is 11.5. The second-order valence-corrected chi connectivity index (χ2v) is 5.51. The molecule has 1 atom stereocenters. The molecule has 2 amide bonds. The number of rotatable bonds is 8. The standard InChI is InChI=1S/C14H28N2O4/c1-6-8-14(3,11-20-13(18)16(4)5)10-19-12(17)15-9-7-2/h6-11H2,1-5H3,(H,15,17). The first-order valence-electron chi connectivity index (χ1n) is 7.09. The van der Waals surface area contributed by atoms with E-state index in [4.69, 9.17) is 9.47 Å². The zero-order valence-electron chi connectivity index (χ0n) is 13.3. The van der Waals surface area contributed by atoms with E-state index < -0.39 is 6.09 Å². The quantitative estimate of drug-likeness (QED) is 0.745. The fourth-order valence-electron chi connectivity index (χ4n) is 1.67. The fourth-order valence-corrected chi connectivity index (χ4v) is 1.67. The molecule has 118 valence electrons. The molecule has 0 radical (unpaired) electrons. The highest BCUT2D eigenvalue weighted by Gasteiger charge is 2.28. The van der Waals surface area contributed by atoms with E-state index >= 15 is 0 Å². The summed E-state index contributed by atoms with van der Waals surface area (Å²) in [6.45, 7) is 7.03. The summed E-state index contributed by atoms with van der Waals surface area (Å²) in [6, 6.07) is 0. The molecule has 0 aromatic carbocycles. The van der Waals surface area contributed by atoms with Crippen molar-refractivity contribution in [2.45, 2.75) is 40.0 Å². The molecule has 6 heteroatoms. The van der Waals surface area contributed by atoms with Crippen molar-refractivity contribution in [2.24, 2.45) is 5.41 Å². The van der Waals surface area contributed by atoms with Gasteiger partial charge in [-0.15, -0.1) is 0 Å². The molecule has 0 bridgehead atoms. The SMILES string of the molecule is CCCNC(=O)OCC(C)(CCC)COC(=O)N(C)C. The molecular formula is C14H28N2O4.